The third kappa shape index (κ3) is 9.62. The van der Waals surface area contributed by atoms with E-state index in [2.05, 4.69) is 10.3 Å². The maximum atomic E-state index is 15.3. The van der Waals surface area contributed by atoms with Crippen LogP contribution in [0.15, 0.2) is 72.8 Å². The summed E-state index contributed by atoms with van der Waals surface area (Å²) < 4.78 is 43.1. The van der Waals surface area contributed by atoms with Crippen molar-refractivity contribution in [3.05, 3.63) is 101 Å². The van der Waals surface area contributed by atoms with E-state index in [1.807, 2.05) is 47.4 Å². The molecule has 0 spiro atoms. The molecule has 5 aromatic rings. The number of aromatic nitrogens is 2. The fourth-order valence-electron chi connectivity index (χ4n) is 7.67. The second-order valence-electron chi connectivity index (χ2n) is 16.0. The van der Waals surface area contributed by atoms with Gasteiger partial charge in [0.1, 0.15) is 17.2 Å². The Balaban J connectivity index is 1.11. The number of nitrogens with one attached hydrogen (secondary N) is 1. The van der Waals surface area contributed by atoms with Gasteiger partial charge in [-0.15, -0.1) is 0 Å². The van der Waals surface area contributed by atoms with Crippen LogP contribution in [-0.4, -0.2) is 82.1 Å². The second-order valence-corrected chi connectivity index (χ2v) is 17.0. The number of esters is 1. The summed E-state index contributed by atoms with van der Waals surface area (Å²) in [7, 11) is 0. The first kappa shape index (κ1) is 40.7. The van der Waals surface area contributed by atoms with Crippen LogP contribution in [0.4, 0.5) is 19.7 Å². The van der Waals surface area contributed by atoms with Crippen molar-refractivity contribution < 1.29 is 37.7 Å². The average Bonchev–Trinajstić information content (AvgIpc) is 3.59. The molecule has 2 aliphatic rings. The number of carboxylic acid groups (broad SMARTS) is 1. The molecule has 3 aromatic carbocycles. The summed E-state index contributed by atoms with van der Waals surface area (Å²) in [6.45, 7) is 8.08. The zero-order chi connectivity index (χ0) is 41.2. The van der Waals surface area contributed by atoms with E-state index < -0.39 is 30.1 Å². The van der Waals surface area contributed by atoms with Gasteiger partial charge in [0.05, 0.1) is 16.8 Å². The number of hydrogen-bond acceptors (Lipinski definition) is 10. The lowest BCUT2D eigenvalue weighted by atomic mass is 9.91. The molecule has 2 N–H and O–H groups in total. The first-order chi connectivity index (χ1) is 27.6. The summed E-state index contributed by atoms with van der Waals surface area (Å²) in [4.78, 5) is 51.8. The molecule has 0 saturated carbocycles. The molecule has 4 heterocycles. The highest BCUT2D eigenvalue weighted by Gasteiger charge is 2.36. The Morgan fingerprint density at radius 2 is 1.69 bits per heavy atom. The Bertz CT molecular complexity index is 2300. The van der Waals surface area contributed by atoms with Gasteiger partial charge in [-0.1, -0.05) is 47.7 Å². The minimum Gasteiger partial charge on any atom is -0.487 e. The molecule has 2 aliphatic heterocycles. The van der Waals surface area contributed by atoms with Crippen LogP contribution in [0.2, 0.25) is 0 Å². The minimum atomic E-state index is -3.10. The highest BCUT2D eigenvalue weighted by atomic mass is 32.1. The maximum absolute atomic E-state index is 15.3. The highest BCUT2D eigenvalue weighted by Crippen LogP contribution is 2.37. The summed E-state index contributed by atoms with van der Waals surface area (Å²) in [6, 6.07) is 22.1. The molecule has 0 aliphatic carbocycles. The van der Waals surface area contributed by atoms with Gasteiger partial charge in [-0.05, 0) is 125 Å². The summed E-state index contributed by atoms with van der Waals surface area (Å²) in [5, 5.41) is 12.5. The van der Waals surface area contributed by atoms with Crippen molar-refractivity contribution in [1.82, 2.24) is 14.9 Å². The number of carbonyl (C=O) groups excluding carboxylic acids is 2. The number of para-hydroxylation sites is 1. The monoisotopic (exact) mass is 811 g/mol. The molecule has 14 heteroatoms. The molecular formula is C44H47F2N5O6S. The number of nitrogens with zero attached hydrogens (tertiary/aromatic N) is 4. The average molecular weight is 812 g/mol. The number of rotatable bonds is 12. The van der Waals surface area contributed by atoms with Gasteiger partial charge in [0.2, 0.25) is 0 Å². The lowest BCUT2D eigenvalue weighted by molar-refractivity contribution is -0.138. The van der Waals surface area contributed by atoms with Gasteiger partial charge < -0.3 is 19.5 Å². The zero-order valence-corrected chi connectivity index (χ0v) is 33.8. The van der Waals surface area contributed by atoms with Crippen molar-refractivity contribution in [2.45, 2.75) is 71.4 Å². The van der Waals surface area contributed by atoms with E-state index in [4.69, 9.17) is 19.6 Å². The Morgan fingerprint density at radius 3 is 2.43 bits per heavy atom. The lowest BCUT2D eigenvalue weighted by Gasteiger charge is -2.32. The number of alkyl halides is 2. The number of likely N-dealkylation sites (tertiary alicyclic amines) is 1. The Labute approximate surface area is 340 Å². The standard InChI is InChI=1S/C44H47F2N5O6S/c1-27-30(10-8-13-35(27)56-26-44(45,46)23-28-17-20-50(21-18-28)25-38(52)53)31-15-16-37(48-39(31)41(55)57-43(2,3)4)51-22-19-29-9-7-11-32(33(29)24-51)40(54)49-42-47-34-12-5-6-14-36(34)58-42/h5-16,28H,17-26H2,1-4H3,(H,52,53)(H,47,49,54). The highest BCUT2D eigenvalue weighted by molar-refractivity contribution is 7.22. The van der Waals surface area contributed by atoms with Gasteiger partial charge in [-0.25, -0.2) is 23.5 Å². The van der Waals surface area contributed by atoms with E-state index in [0.717, 1.165) is 21.3 Å². The molecule has 1 saturated heterocycles. The fraction of sp³-hybridized carbons (Fsp3) is 0.386. The van der Waals surface area contributed by atoms with E-state index in [1.54, 1.807) is 62.9 Å². The number of halogens is 2. The number of anilines is 2. The number of amides is 1. The quantitative estimate of drug-likeness (QED) is 0.118. The van der Waals surface area contributed by atoms with Gasteiger partial charge in [0.15, 0.2) is 17.4 Å². The SMILES string of the molecule is Cc1c(OCC(F)(F)CC2CCN(CC(=O)O)CC2)cccc1-c1ccc(N2CCc3cccc(C(=O)Nc4nc5ccccc5s4)c3C2)nc1C(=O)OC(C)(C)C. The topological polar surface area (TPSA) is 134 Å². The van der Waals surface area contributed by atoms with Crippen molar-refractivity contribution in [1.29, 1.82) is 0 Å². The van der Waals surface area contributed by atoms with Crippen LogP contribution in [0.25, 0.3) is 21.3 Å². The molecule has 304 valence electrons. The number of thiazole rings is 1. The van der Waals surface area contributed by atoms with E-state index in [0.29, 0.717) is 78.6 Å². The molecule has 1 fully saturated rings. The summed E-state index contributed by atoms with van der Waals surface area (Å²) >= 11 is 1.41. The molecule has 2 aromatic heterocycles. The first-order valence-electron chi connectivity index (χ1n) is 19.4. The normalized spacial score (nSPS) is 15.2. The molecule has 11 nitrogen and oxygen atoms in total. The van der Waals surface area contributed by atoms with Gasteiger partial charge in [0, 0.05) is 30.6 Å². The van der Waals surface area contributed by atoms with Crippen molar-refractivity contribution in [2.24, 2.45) is 5.92 Å². The van der Waals surface area contributed by atoms with Crippen molar-refractivity contribution in [3.8, 4) is 16.9 Å². The summed E-state index contributed by atoms with van der Waals surface area (Å²) in [5.41, 5.74) is 4.13. The smallest absolute Gasteiger partial charge is 0.358 e. The predicted octanol–water partition coefficient (Wildman–Crippen LogP) is 8.64. The maximum Gasteiger partial charge on any atom is 0.358 e. The van der Waals surface area contributed by atoms with Crippen LogP contribution in [0.5, 0.6) is 5.75 Å². The van der Waals surface area contributed by atoms with Gasteiger partial charge in [-0.2, -0.15) is 0 Å². The molecule has 0 bridgehead atoms. The number of pyridine rings is 1. The Morgan fingerprint density at radius 1 is 0.931 bits per heavy atom. The number of fused-ring (bicyclic) bond motifs is 2. The van der Waals surface area contributed by atoms with E-state index in [-0.39, 0.29) is 36.2 Å². The molecule has 0 unspecified atom stereocenters. The number of piperidine rings is 1. The second kappa shape index (κ2) is 16.8. The zero-order valence-electron chi connectivity index (χ0n) is 33.0. The van der Waals surface area contributed by atoms with Crippen LogP contribution in [0, 0.1) is 12.8 Å². The number of aliphatic carboxylic acids is 1. The minimum absolute atomic E-state index is 0.0694. The lowest BCUT2D eigenvalue weighted by Crippen LogP contribution is -2.39. The molecule has 1 amide bonds. The molecule has 7 rings (SSSR count). The third-order valence-corrected chi connectivity index (χ3v) is 11.4. The van der Waals surface area contributed by atoms with E-state index >= 15 is 8.78 Å². The Hall–Kier alpha value is -5.47. The molecular weight excluding hydrogens is 765 g/mol. The van der Waals surface area contributed by atoms with Gasteiger partial charge >= 0.3 is 11.9 Å². The third-order valence-electron chi connectivity index (χ3n) is 10.5. The first-order valence-corrected chi connectivity index (χ1v) is 20.3. The largest absolute Gasteiger partial charge is 0.487 e. The van der Waals surface area contributed by atoms with Gasteiger partial charge in [-0.3, -0.25) is 19.8 Å². The Kier molecular flexibility index (Phi) is 11.8. The van der Waals surface area contributed by atoms with Crippen LogP contribution in [-0.2, 0) is 22.5 Å². The van der Waals surface area contributed by atoms with Crippen LogP contribution >= 0.6 is 11.3 Å². The number of hydrogen-bond donors (Lipinski definition) is 2. The number of carbonyl (C=O) groups is 3. The van der Waals surface area contributed by atoms with Gasteiger partial charge in [0.25, 0.3) is 11.8 Å². The van der Waals surface area contributed by atoms with Crippen LogP contribution in [0.3, 0.4) is 0 Å². The number of carboxylic acids is 1. The molecule has 0 atom stereocenters. The molecule has 0 radical (unpaired) electrons. The van der Waals surface area contributed by atoms with Crippen molar-refractivity contribution in [2.75, 3.05) is 43.0 Å². The van der Waals surface area contributed by atoms with Crippen molar-refractivity contribution in [3.63, 3.8) is 0 Å². The fourth-order valence-corrected chi connectivity index (χ4v) is 8.53. The predicted molar refractivity (Wildman–Crippen MR) is 220 cm³/mol. The van der Waals surface area contributed by atoms with Crippen molar-refractivity contribution >= 4 is 50.3 Å². The summed E-state index contributed by atoms with van der Waals surface area (Å²) in [6.07, 6.45) is 1.30. The van der Waals surface area contributed by atoms with E-state index in [9.17, 15) is 14.4 Å². The number of benzene rings is 3. The summed E-state index contributed by atoms with van der Waals surface area (Å²) in [5.74, 6) is -4.37. The molecule has 58 heavy (non-hydrogen) atoms. The van der Waals surface area contributed by atoms with Crippen LogP contribution < -0.4 is 15.0 Å². The van der Waals surface area contributed by atoms with E-state index in [1.165, 1.54) is 11.3 Å². The van der Waals surface area contributed by atoms with Crippen LogP contribution in [0.1, 0.15) is 77.6 Å². The number of ether oxygens (including phenoxy) is 2.